The zero-order valence-corrected chi connectivity index (χ0v) is 27.4. The van der Waals surface area contributed by atoms with Gasteiger partial charge in [-0.15, -0.1) is 0 Å². The van der Waals surface area contributed by atoms with Crippen LogP contribution in [0.5, 0.6) is 5.75 Å². The highest BCUT2D eigenvalue weighted by atomic mass is 16.5. The minimum Gasteiger partial charge on any atom is -0.482 e. The summed E-state index contributed by atoms with van der Waals surface area (Å²) in [6, 6.07) is 50.2. The van der Waals surface area contributed by atoms with E-state index in [1.54, 1.807) is 18.2 Å². The van der Waals surface area contributed by atoms with Crippen molar-refractivity contribution >= 4 is 0 Å². The largest absolute Gasteiger partial charge is 0.482 e. The SMILES string of the molecule is CC1(C)Oc2cc(-c3cc(C#N)cc(-c4nc(-c5ccc(C#N)cc5)nc(-c5ccc(-c6ccccc6)cc5)n4)c3)ccc2-c2ccccc21. The molecule has 0 atom stereocenters. The molecule has 236 valence electrons. The van der Waals surface area contributed by atoms with Crippen molar-refractivity contribution in [1.82, 2.24) is 15.0 Å². The second kappa shape index (κ2) is 12.3. The van der Waals surface area contributed by atoms with Gasteiger partial charge in [-0.25, -0.2) is 15.0 Å². The topological polar surface area (TPSA) is 95.5 Å². The van der Waals surface area contributed by atoms with Crippen LogP contribution < -0.4 is 4.74 Å². The number of ether oxygens (including phenoxy) is 1. The molecule has 0 bridgehead atoms. The number of benzene rings is 6. The molecule has 1 aromatic heterocycles. The van der Waals surface area contributed by atoms with E-state index in [-0.39, 0.29) is 0 Å². The van der Waals surface area contributed by atoms with Gasteiger partial charge in [-0.1, -0.05) is 91.0 Å². The fraction of sp³-hybridized carbons (Fsp3) is 0.0682. The molecule has 0 fully saturated rings. The number of hydrogen-bond acceptors (Lipinski definition) is 6. The van der Waals surface area contributed by atoms with Crippen molar-refractivity contribution in [3.05, 3.63) is 156 Å². The third-order valence-electron chi connectivity index (χ3n) is 9.02. The highest BCUT2D eigenvalue weighted by molar-refractivity contribution is 5.82. The molecule has 50 heavy (non-hydrogen) atoms. The molecule has 6 aromatic carbocycles. The van der Waals surface area contributed by atoms with Crippen LogP contribution in [0, 0.1) is 22.7 Å². The molecule has 0 unspecified atom stereocenters. The van der Waals surface area contributed by atoms with Crippen molar-refractivity contribution in [2.24, 2.45) is 0 Å². The molecule has 1 aliphatic heterocycles. The summed E-state index contributed by atoms with van der Waals surface area (Å²) in [7, 11) is 0. The van der Waals surface area contributed by atoms with Gasteiger partial charge in [-0.05, 0) is 90.2 Å². The lowest BCUT2D eigenvalue weighted by Gasteiger charge is -2.35. The Morgan fingerprint density at radius 3 is 1.68 bits per heavy atom. The van der Waals surface area contributed by atoms with Crippen molar-refractivity contribution in [3.63, 3.8) is 0 Å². The Bertz CT molecular complexity index is 2490. The molecule has 0 N–H and O–H groups in total. The summed E-state index contributed by atoms with van der Waals surface area (Å²) in [6.07, 6.45) is 0. The molecular weight excluding hydrogens is 615 g/mol. The van der Waals surface area contributed by atoms with Crippen molar-refractivity contribution in [2.75, 3.05) is 0 Å². The van der Waals surface area contributed by atoms with Crippen LogP contribution in [0.1, 0.15) is 30.5 Å². The van der Waals surface area contributed by atoms with Gasteiger partial charge in [0.1, 0.15) is 11.4 Å². The number of aromatic nitrogens is 3. The molecule has 0 aliphatic carbocycles. The standard InChI is InChI=1S/C44H29N5O/c1-44(2)39-11-7-6-10-37(39)38-21-20-34(25-40(38)50-44)35-22-29(27-46)23-36(24-35)43-48-41(32-14-12-28(26-45)13-15-32)47-42(49-43)33-18-16-31(17-19-33)30-8-4-3-5-9-30/h3-25H,1-2H3. The summed E-state index contributed by atoms with van der Waals surface area (Å²) in [6.45, 7) is 4.16. The van der Waals surface area contributed by atoms with Crippen molar-refractivity contribution in [1.29, 1.82) is 10.5 Å². The van der Waals surface area contributed by atoms with Crippen LogP contribution >= 0.6 is 0 Å². The summed E-state index contributed by atoms with van der Waals surface area (Å²) >= 11 is 0. The van der Waals surface area contributed by atoms with E-state index in [0.29, 0.717) is 34.2 Å². The Balaban J connectivity index is 1.24. The highest BCUT2D eigenvalue weighted by Crippen LogP contribution is 2.46. The van der Waals surface area contributed by atoms with Crippen LogP contribution in [-0.2, 0) is 5.60 Å². The van der Waals surface area contributed by atoms with Gasteiger partial charge in [-0.3, -0.25) is 0 Å². The van der Waals surface area contributed by atoms with E-state index in [1.807, 2.05) is 72.8 Å². The minimum atomic E-state index is -0.496. The van der Waals surface area contributed by atoms with Gasteiger partial charge in [0.15, 0.2) is 17.5 Å². The molecule has 1 aliphatic rings. The first-order valence-corrected chi connectivity index (χ1v) is 16.3. The monoisotopic (exact) mass is 643 g/mol. The Kier molecular flexibility index (Phi) is 7.48. The van der Waals surface area contributed by atoms with Crippen molar-refractivity contribution in [3.8, 4) is 85.4 Å². The first-order valence-electron chi connectivity index (χ1n) is 16.3. The minimum absolute atomic E-state index is 0.434. The van der Waals surface area contributed by atoms with E-state index in [9.17, 15) is 10.5 Å². The molecule has 8 rings (SSSR count). The van der Waals surface area contributed by atoms with Crippen LogP contribution in [0.25, 0.3) is 67.5 Å². The Morgan fingerprint density at radius 2 is 1.00 bits per heavy atom. The average molecular weight is 644 g/mol. The number of fused-ring (bicyclic) bond motifs is 3. The molecule has 0 amide bonds. The molecule has 7 aromatic rings. The van der Waals surface area contributed by atoms with Gasteiger partial charge in [-0.2, -0.15) is 10.5 Å². The van der Waals surface area contributed by atoms with E-state index in [1.165, 1.54) is 0 Å². The quantitative estimate of drug-likeness (QED) is 0.185. The van der Waals surface area contributed by atoms with Crippen LogP contribution in [0.3, 0.4) is 0 Å². The van der Waals surface area contributed by atoms with Gasteiger partial charge in [0.2, 0.25) is 0 Å². The first kappa shape index (κ1) is 30.4. The van der Waals surface area contributed by atoms with Crippen LogP contribution in [0.15, 0.2) is 140 Å². The zero-order valence-electron chi connectivity index (χ0n) is 27.4. The lowest BCUT2D eigenvalue weighted by Crippen LogP contribution is -2.29. The molecular formula is C44H29N5O. The molecule has 0 radical (unpaired) electrons. The molecule has 6 heteroatoms. The Labute approximate surface area is 290 Å². The van der Waals surface area contributed by atoms with Crippen molar-refractivity contribution in [2.45, 2.75) is 19.4 Å². The normalized spacial score (nSPS) is 12.5. The van der Waals surface area contributed by atoms with Crippen LogP contribution in [-0.4, -0.2) is 15.0 Å². The molecule has 2 heterocycles. The van der Waals surface area contributed by atoms with Gasteiger partial charge < -0.3 is 4.74 Å². The second-order valence-electron chi connectivity index (χ2n) is 12.7. The third-order valence-corrected chi connectivity index (χ3v) is 9.02. The predicted octanol–water partition coefficient (Wildman–Crippen LogP) is 10.2. The van der Waals surface area contributed by atoms with E-state index < -0.39 is 5.60 Å². The number of rotatable bonds is 5. The van der Waals surface area contributed by atoms with Gasteiger partial charge >= 0.3 is 0 Å². The fourth-order valence-corrected chi connectivity index (χ4v) is 6.47. The summed E-state index contributed by atoms with van der Waals surface area (Å²) in [4.78, 5) is 14.7. The van der Waals surface area contributed by atoms with Gasteiger partial charge in [0, 0.05) is 27.8 Å². The van der Waals surface area contributed by atoms with Crippen LogP contribution in [0.4, 0.5) is 0 Å². The number of nitriles is 2. The summed E-state index contributed by atoms with van der Waals surface area (Å²) in [5.74, 6) is 2.19. The zero-order chi connectivity index (χ0) is 34.2. The lowest BCUT2D eigenvalue weighted by atomic mass is 9.85. The average Bonchev–Trinajstić information content (AvgIpc) is 3.17. The molecule has 6 nitrogen and oxygen atoms in total. The highest BCUT2D eigenvalue weighted by Gasteiger charge is 2.32. The Hall–Kier alpha value is -6.89. The fourth-order valence-electron chi connectivity index (χ4n) is 6.47. The molecule has 0 saturated heterocycles. The van der Waals surface area contributed by atoms with E-state index >= 15 is 0 Å². The van der Waals surface area contributed by atoms with E-state index in [2.05, 4.69) is 74.5 Å². The van der Waals surface area contributed by atoms with Crippen LogP contribution in [0.2, 0.25) is 0 Å². The predicted molar refractivity (Wildman–Crippen MR) is 196 cm³/mol. The van der Waals surface area contributed by atoms with E-state index in [4.69, 9.17) is 19.7 Å². The second-order valence-corrected chi connectivity index (χ2v) is 12.7. The molecule has 0 spiro atoms. The smallest absolute Gasteiger partial charge is 0.164 e. The third kappa shape index (κ3) is 5.66. The summed E-state index contributed by atoms with van der Waals surface area (Å²) in [5, 5.41) is 19.5. The lowest BCUT2D eigenvalue weighted by molar-refractivity contribution is 0.106. The maximum absolute atomic E-state index is 10.1. The van der Waals surface area contributed by atoms with Gasteiger partial charge in [0.05, 0.1) is 23.3 Å². The van der Waals surface area contributed by atoms with E-state index in [0.717, 1.165) is 55.8 Å². The maximum atomic E-state index is 10.1. The Morgan fingerprint density at radius 1 is 0.460 bits per heavy atom. The first-order chi connectivity index (χ1) is 24.4. The molecule has 0 saturated carbocycles. The number of nitrogens with zero attached hydrogens (tertiary/aromatic N) is 5. The maximum Gasteiger partial charge on any atom is 0.164 e. The van der Waals surface area contributed by atoms with Gasteiger partial charge in [0.25, 0.3) is 0 Å². The van der Waals surface area contributed by atoms with Crippen molar-refractivity contribution < 1.29 is 4.74 Å². The summed E-state index contributed by atoms with van der Waals surface area (Å²) in [5.41, 5.74) is 10.1. The number of hydrogen-bond donors (Lipinski definition) is 0. The summed E-state index contributed by atoms with van der Waals surface area (Å²) < 4.78 is 6.54.